The zero-order chi connectivity index (χ0) is 15.2. The summed E-state index contributed by atoms with van der Waals surface area (Å²) in [4.78, 5) is 0. The van der Waals surface area contributed by atoms with Crippen LogP contribution in [-0.4, -0.2) is 21.3 Å². The van der Waals surface area contributed by atoms with E-state index in [2.05, 4.69) is 5.32 Å². The first-order chi connectivity index (χ1) is 10.2. The molecule has 1 unspecified atom stereocenters. The van der Waals surface area contributed by atoms with Crippen LogP contribution in [0.2, 0.25) is 5.02 Å². The van der Waals surface area contributed by atoms with Crippen molar-refractivity contribution in [3.05, 3.63) is 58.6 Å². The average molecular weight is 306 g/mol. The molecule has 2 rings (SSSR count). The second kappa shape index (κ2) is 7.34. The summed E-state index contributed by atoms with van der Waals surface area (Å²) in [6, 6.07) is 14.0. The number of ether oxygens (including phenoxy) is 2. The Labute approximate surface area is 130 Å². The lowest BCUT2D eigenvalue weighted by molar-refractivity contribution is 0.392. The van der Waals surface area contributed by atoms with E-state index in [0.717, 1.165) is 28.5 Å². The van der Waals surface area contributed by atoms with E-state index in [-0.39, 0.29) is 6.04 Å². The van der Waals surface area contributed by atoms with Gasteiger partial charge in [-0.2, -0.15) is 0 Å². The van der Waals surface area contributed by atoms with Crippen LogP contribution < -0.4 is 14.8 Å². The highest BCUT2D eigenvalue weighted by Gasteiger charge is 2.13. The molecule has 0 fully saturated rings. The average Bonchev–Trinajstić information content (AvgIpc) is 2.53. The molecule has 0 bridgehead atoms. The standard InChI is InChI=1S/C17H20ClNO2/c1-19-17(8-12-4-6-14(18)7-5-12)13-9-15(20-2)11-16(10-13)21-3/h4-7,9-11,17,19H,8H2,1-3H3. The maximum atomic E-state index is 5.93. The van der Waals surface area contributed by atoms with E-state index in [1.54, 1.807) is 14.2 Å². The molecule has 0 radical (unpaired) electrons. The molecular formula is C17H20ClNO2. The number of methoxy groups -OCH3 is 2. The third-order valence-electron chi connectivity index (χ3n) is 3.48. The fourth-order valence-electron chi connectivity index (χ4n) is 2.27. The highest BCUT2D eigenvalue weighted by Crippen LogP contribution is 2.28. The van der Waals surface area contributed by atoms with Crippen LogP contribution in [0.25, 0.3) is 0 Å². The van der Waals surface area contributed by atoms with Crippen molar-refractivity contribution < 1.29 is 9.47 Å². The monoisotopic (exact) mass is 305 g/mol. The summed E-state index contributed by atoms with van der Waals surface area (Å²) in [6.07, 6.45) is 0.865. The lowest BCUT2D eigenvalue weighted by Gasteiger charge is -2.18. The van der Waals surface area contributed by atoms with Gasteiger partial charge in [-0.3, -0.25) is 0 Å². The van der Waals surface area contributed by atoms with Crippen LogP contribution in [0.15, 0.2) is 42.5 Å². The first-order valence-electron chi connectivity index (χ1n) is 6.81. The zero-order valence-corrected chi connectivity index (χ0v) is 13.3. The summed E-state index contributed by atoms with van der Waals surface area (Å²) in [5, 5.41) is 4.09. The van der Waals surface area contributed by atoms with Crippen molar-refractivity contribution in [2.75, 3.05) is 21.3 Å². The van der Waals surface area contributed by atoms with Crippen LogP contribution in [0.4, 0.5) is 0 Å². The number of hydrogen-bond donors (Lipinski definition) is 1. The number of rotatable bonds is 6. The number of halogens is 1. The molecule has 0 spiro atoms. The summed E-state index contributed by atoms with van der Waals surface area (Å²) in [5.74, 6) is 1.58. The smallest absolute Gasteiger partial charge is 0.122 e. The molecule has 0 heterocycles. The van der Waals surface area contributed by atoms with Crippen LogP contribution in [0.5, 0.6) is 11.5 Å². The Balaban J connectivity index is 2.25. The number of benzene rings is 2. The van der Waals surface area contributed by atoms with E-state index in [1.807, 2.05) is 49.5 Å². The SMILES string of the molecule is CNC(Cc1ccc(Cl)cc1)c1cc(OC)cc(OC)c1. The minimum absolute atomic E-state index is 0.176. The third kappa shape index (κ3) is 4.13. The van der Waals surface area contributed by atoms with E-state index in [0.29, 0.717) is 0 Å². The summed E-state index contributed by atoms with van der Waals surface area (Å²) < 4.78 is 10.7. The van der Waals surface area contributed by atoms with Crippen molar-refractivity contribution in [2.24, 2.45) is 0 Å². The van der Waals surface area contributed by atoms with Gasteiger partial charge in [0.15, 0.2) is 0 Å². The molecule has 2 aromatic rings. The molecule has 0 saturated carbocycles. The summed E-state index contributed by atoms with van der Waals surface area (Å²) >= 11 is 5.93. The van der Waals surface area contributed by atoms with Gasteiger partial charge in [0.25, 0.3) is 0 Å². The Hall–Kier alpha value is -1.71. The third-order valence-corrected chi connectivity index (χ3v) is 3.73. The molecule has 0 saturated heterocycles. The first-order valence-corrected chi connectivity index (χ1v) is 7.18. The first kappa shape index (κ1) is 15.7. The van der Waals surface area contributed by atoms with Gasteiger partial charge in [-0.05, 0) is 48.9 Å². The maximum absolute atomic E-state index is 5.93. The Morgan fingerprint density at radius 3 is 2.05 bits per heavy atom. The fraction of sp³-hybridized carbons (Fsp3) is 0.294. The minimum Gasteiger partial charge on any atom is -0.497 e. The number of likely N-dealkylation sites (N-methyl/N-ethyl adjacent to an activating group) is 1. The second-order valence-corrected chi connectivity index (χ2v) is 5.25. The summed E-state index contributed by atoms with van der Waals surface area (Å²) in [6.45, 7) is 0. The van der Waals surface area contributed by atoms with Gasteiger partial charge in [-0.15, -0.1) is 0 Å². The van der Waals surface area contributed by atoms with E-state index < -0.39 is 0 Å². The molecule has 0 aliphatic carbocycles. The molecule has 112 valence electrons. The van der Waals surface area contributed by atoms with Crippen LogP contribution in [0.3, 0.4) is 0 Å². The molecule has 21 heavy (non-hydrogen) atoms. The van der Waals surface area contributed by atoms with E-state index >= 15 is 0 Å². The van der Waals surface area contributed by atoms with E-state index in [4.69, 9.17) is 21.1 Å². The lowest BCUT2D eigenvalue weighted by atomic mass is 9.98. The zero-order valence-electron chi connectivity index (χ0n) is 12.5. The van der Waals surface area contributed by atoms with Gasteiger partial charge in [-0.25, -0.2) is 0 Å². The quantitative estimate of drug-likeness (QED) is 0.879. The van der Waals surface area contributed by atoms with Gasteiger partial charge in [0.05, 0.1) is 14.2 Å². The van der Waals surface area contributed by atoms with Crippen LogP contribution in [0.1, 0.15) is 17.2 Å². The Bertz CT molecular complexity index is 562. The molecule has 1 N–H and O–H groups in total. The van der Waals surface area contributed by atoms with E-state index in [9.17, 15) is 0 Å². The predicted octanol–water partition coefficient (Wildman–Crippen LogP) is 3.86. The molecular weight excluding hydrogens is 286 g/mol. The highest BCUT2D eigenvalue weighted by molar-refractivity contribution is 6.30. The van der Waals surface area contributed by atoms with Crippen LogP contribution in [0, 0.1) is 0 Å². The molecule has 1 atom stereocenters. The van der Waals surface area contributed by atoms with Crippen molar-refractivity contribution >= 4 is 11.6 Å². The van der Waals surface area contributed by atoms with Gasteiger partial charge in [-0.1, -0.05) is 23.7 Å². The Morgan fingerprint density at radius 2 is 1.57 bits per heavy atom. The topological polar surface area (TPSA) is 30.5 Å². The highest BCUT2D eigenvalue weighted by atomic mass is 35.5. The number of hydrogen-bond acceptors (Lipinski definition) is 3. The Morgan fingerprint density at radius 1 is 1.00 bits per heavy atom. The van der Waals surface area contributed by atoms with Crippen molar-refractivity contribution in [3.8, 4) is 11.5 Å². The number of nitrogens with one attached hydrogen (secondary N) is 1. The second-order valence-electron chi connectivity index (χ2n) is 4.82. The van der Waals surface area contributed by atoms with Crippen molar-refractivity contribution in [2.45, 2.75) is 12.5 Å². The van der Waals surface area contributed by atoms with Crippen molar-refractivity contribution in [1.82, 2.24) is 5.32 Å². The largest absolute Gasteiger partial charge is 0.497 e. The van der Waals surface area contributed by atoms with Gasteiger partial charge in [0, 0.05) is 17.1 Å². The predicted molar refractivity (Wildman–Crippen MR) is 86.5 cm³/mol. The molecule has 3 nitrogen and oxygen atoms in total. The fourth-order valence-corrected chi connectivity index (χ4v) is 2.40. The summed E-state index contributed by atoms with van der Waals surface area (Å²) in [5.41, 5.74) is 2.35. The van der Waals surface area contributed by atoms with Gasteiger partial charge >= 0.3 is 0 Å². The lowest BCUT2D eigenvalue weighted by Crippen LogP contribution is -2.19. The maximum Gasteiger partial charge on any atom is 0.122 e. The van der Waals surface area contributed by atoms with Crippen LogP contribution >= 0.6 is 11.6 Å². The molecule has 0 aliphatic heterocycles. The molecule has 4 heteroatoms. The molecule has 0 aromatic heterocycles. The van der Waals surface area contributed by atoms with Crippen LogP contribution in [-0.2, 0) is 6.42 Å². The summed E-state index contributed by atoms with van der Waals surface area (Å²) in [7, 11) is 5.27. The normalized spacial score (nSPS) is 12.0. The molecule has 0 amide bonds. The van der Waals surface area contributed by atoms with Crippen molar-refractivity contribution in [1.29, 1.82) is 0 Å². The molecule has 2 aromatic carbocycles. The van der Waals surface area contributed by atoms with Gasteiger partial charge in [0.1, 0.15) is 11.5 Å². The molecule has 0 aliphatic rings. The van der Waals surface area contributed by atoms with Gasteiger partial charge < -0.3 is 14.8 Å². The minimum atomic E-state index is 0.176. The van der Waals surface area contributed by atoms with Crippen molar-refractivity contribution in [3.63, 3.8) is 0 Å². The van der Waals surface area contributed by atoms with E-state index in [1.165, 1.54) is 5.56 Å². The Kier molecular flexibility index (Phi) is 5.48. The van der Waals surface area contributed by atoms with Gasteiger partial charge in [0.2, 0.25) is 0 Å².